The van der Waals surface area contributed by atoms with E-state index in [1.807, 2.05) is 19.1 Å². The molecule has 0 radical (unpaired) electrons. The van der Waals surface area contributed by atoms with Crippen LogP contribution in [0.2, 0.25) is 0 Å². The predicted octanol–water partition coefficient (Wildman–Crippen LogP) is 4.81. The number of hydrogen-bond acceptors (Lipinski definition) is 3. The number of carbonyl (C=O) groups is 1. The highest BCUT2D eigenvalue weighted by molar-refractivity contribution is 5.65. The summed E-state index contributed by atoms with van der Waals surface area (Å²) in [6.45, 7) is 14.0. The van der Waals surface area contributed by atoms with Crippen molar-refractivity contribution in [2.45, 2.75) is 60.8 Å². The molecule has 1 aromatic carbocycles. The second-order valence-electron chi connectivity index (χ2n) is 4.85. The van der Waals surface area contributed by atoms with Gasteiger partial charge in [0.15, 0.2) is 0 Å². The molecule has 0 unspecified atom stereocenters. The molecule has 0 saturated heterocycles. The summed E-state index contributed by atoms with van der Waals surface area (Å²) in [7, 11) is 0. The fourth-order valence-electron chi connectivity index (χ4n) is 1.35. The van der Waals surface area contributed by atoms with E-state index < -0.39 is 0 Å². The van der Waals surface area contributed by atoms with Crippen molar-refractivity contribution in [2.75, 3.05) is 6.61 Å². The molecule has 3 nitrogen and oxygen atoms in total. The van der Waals surface area contributed by atoms with Gasteiger partial charge in [-0.1, -0.05) is 46.2 Å². The average molecular weight is 282 g/mol. The maximum Gasteiger partial charge on any atom is 0.302 e. The van der Waals surface area contributed by atoms with Crippen LogP contribution in [-0.2, 0) is 9.53 Å². The summed E-state index contributed by atoms with van der Waals surface area (Å²) < 4.78 is 4.40. The largest absolute Gasteiger partial charge is 0.508 e. The lowest BCUT2D eigenvalue weighted by molar-refractivity contribution is -0.140. The lowest BCUT2D eigenvalue weighted by Gasteiger charge is -2.07. The Morgan fingerprint density at radius 2 is 1.75 bits per heavy atom. The first-order valence-corrected chi connectivity index (χ1v) is 7.22. The lowest BCUT2D eigenvalue weighted by atomic mass is 10.0. The van der Waals surface area contributed by atoms with Crippen LogP contribution in [0.25, 0.3) is 0 Å². The molecule has 1 N–H and O–H groups in total. The molecule has 1 rings (SSSR count). The summed E-state index contributed by atoms with van der Waals surface area (Å²) in [5.74, 6) is 0.605. The van der Waals surface area contributed by atoms with Crippen molar-refractivity contribution in [2.24, 2.45) is 0 Å². The second-order valence-corrected chi connectivity index (χ2v) is 4.85. The molecule has 3 heteroatoms. The Kier molecular flexibility index (Phi) is 13.0. The highest BCUT2D eigenvalue weighted by atomic mass is 16.5. The molecular formula is C17H30O3. The van der Waals surface area contributed by atoms with Crippen molar-refractivity contribution in [1.29, 1.82) is 0 Å². The topological polar surface area (TPSA) is 46.5 Å². The number of phenols is 1. The number of hydrogen-bond donors (Lipinski definition) is 1. The maximum absolute atomic E-state index is 9.82. The molecule has 0 aliphatic heterocycles. The molecule has 20 heavy (non-hydrogen) atoms. The van der Waals surface area contributed by atoms with E-state index in [1.165, 1.54) is 13.3 Å². The van der Waals surface area contributed by atoms with Gasteiger partial charge >= 0.3 is 5.97 Å². The third kappa shape index (κ3) is 11.6. The molecule has 0 aliphatic carbocycles. The first-order chi connectivity index (χ1) is 9.29. The normalized spacial score (nSPS) is 9.00. The highest BCUT2D eigenvalue weighted by Crippen LogP contribution is 2.25. The van der Waals surface area contributed by atoms with Crippen LogP contribution in [0, 0.1) is 6.92 Å². The predicted molar refractivity (Wildman–Crippen MR) is 85.2 cm³/mol. The van der Waals surface area contributed by atoms with Crippen LogP contribution in [0.3, 0.4) is 0 Å². The van der Waals surface area contributed by atoms with Crippen LogP contribution in [0.1, 0.15) is 65.0 Å². The second kappa shape index (κ2) is 12.5. The number of phenolic OH excluding ortho intramolecular Hbond substituents is 1. The number of benzene rings is 1. The molecule has 0 atom stereocenters. The fraction of sp³-hybridized carbons (Fsp3) is 0.588. The Morgan fingerprint density at radius 3 is 2.00 bits per heavy atom. The number of rotatable bonds is 2. The standard InChI is InChI=1S/C10H14O.C4H8O2.C3H8/c1-7(2)9-5-4-8(3)6-10(9)11;1-3-6-4(2)5;1-3-2/h4-7,11H,1-3H3;3H2,1-2H3;3H2,1-2H3. The Labute approximate surface area is 124 Å². The van der Waals surface area contributed by atoms with Gasteiger partial charge in [-0.15, -0.1) is 0 Å². The molecule has 0 fully saturated rings. The van der Waals surface area contributed by atoms with Crippen LogP contribution in [0.15, 0.2) is 18.2 Å². The fourth-order valence-corrected chi connectivity index (χ4v) is 1.35. The van der Waals surface area contributed by atoms with Gasteiger partial charge in [0.1, 0.15) is 5.75 Å². The SMILES string of the molecule is CCC.CCOC(C)=O.Cc1ccc(C(C)C)c(O)c1. The molecule has 0 amide bonds. The summed E-state index contributed by atoms with van der Waals surface area (Å²) in [6, 6.07) is 5.81. The van der Waals surface area contributed by atoms with Gasteiger partial charge in [0.2, 0.25) is 0 Å². The summed E-state index contributed by atoms with van der Waals surface area (Å²) in [5.41, 5.74) is 2.13. The quantitative estimate of drug-likeness (QED) is 0.792. The first kappa shape index (κ1) is 20.8. The number of aryl methyl sites for hydroxylation is 1. The number of aromatic hydroxyl groups is 1. The van der Waals surface area contributed by atoms with Crippen LogP contribution in [0.4, 0.5) is 0 Å². The van der Waals surface area contributed by atoms with E-state index in [-0.39, 0.29) is 5.97 Å². The van der Waals surface area contributed by atoms with E-state index in [1.54, 1.807) is 13.0 Å². The molecule has 116 valence electrons. The lowest BCUT2D eigenvalue weighted by Crippen LogP contribution is -1.95. The zero-order chi connectivity index (χ0) is 16.1. The molecule has 0 saturated carbocycles. The van der Waals surface area contributed by atoms with E-state index in [4.69, 9.17) is 0 Å². The van der Waals surface area contributed by atoms with Gasteiger partial charge in [0, 0.05) is 6.92 Å². The Hall–Kier alpha value is -1.51. The van der Waals surface area contributed by atoms with Crippen molar-refractivity contribution >= 4 is 5.97 Å². The van der Waals surface area contributed by atoms with E-state index >= 15 is 0 Å². The Balaban J connectivity index is 0. The minimum absolute atomic E-state index is 0.211. The maximum atomic E-state index is 9.82. The summed E-state index contributed by atoms with van der Waals surface area (Å²) >= 11 is 0. The van der Waals surface area contributed by atoms with E-state index in [0.29, 0.717) is 18.3 Å². The molecule has 1 aromatic rings. The Morgan fingerprint density at radius 1 is 1.25 bits per heavy atom. The molecule has 0 heterocycles. The van der Waals surface area contributed by atoms with E-state index in [0.717, 1.165) is 11.1 Å². The van der Waals surface area contributed by atoms with Gasteiger partial charge in [0.25, 0.3) is 0 Å². The van der Waals surface area contributed by atoms with Crippen molar-refractivity contribution < 1.29 is 14.6 Å². The molecule has 0 aliphatic rings. The molecule has 0 aromatic heterocycles. The van der Waals surface area contributed by atoms with Crippen molar-refractivity contribution in [1.82, 2.24) is 0 Å². The zero-order valence-electron chi connectivity index (χ0n) is 14.0. The van der Waals surface area contributed by atoms with Gasteiger partial charge in [-0.25, -0.2) is 0 Å². The van der Waals surface area contributed by atoms with Crippen molar-refractivity contribution in [3.8, 4) is 5.75 Å². The number of esters is 1. The first-order valence-electron chi connectivity index (χ1n) is 7.22. The van der Waals surface area contributed by atoms with Gasteiger partial charge in [-0.05, 0) is 37.0 Å². The summed E-state index contributed by atoms with van der Waals surface area (Å²) in [6.07, 6.45) is 1.25. The average Bonchev–Trinajstić information content (AvgIpc) is 2.29. The zero-order valence-corrected chi connectivity index (χ0v) is 14.0. The summed E-state index contributed by atoms with van der Waals surface area (Å²) in [4.78, 5) is 9.82. The highest BCUT2D eigenvalue weighted by Gasteiger charge is 2.03. The monoisotopic (exact) mass is 282 g/mol. The summed E-state index contributed by atoms with van der Waals surface area (Å²) in [5, 5.41) is 9.46. The van der Waals surface area contributed by atoms with Crippen LogP contribution in [0.5, 0.6) is 5.75 Å². The minimum atomic E-state index is -0.211. The van der Waals surface area contributed by atoms with E-state index in [9.17, 15) is 9.90 Å². The molecule has 0 bridgehead atoms. The molecule has 0 spiro atoms. The van der Waals surface area contributed by atoms with Crippen molar-refractivity contribution in [3.05, 3.63) is 29.3 Å². The van der Waals surface area contributed by atoms with Crippen molar-refractivity contribution in [3.63, 3.8) is 0 Å². The molecular weight excluding hydrogens is 252 g/mol. The Bertz CT molecular complexity index is 370. The minimum Gasteiger partial charge on any atom is -0.508 e. The number of ether oxygens (including phenoxy) is 1. The van der Waals surface area contributed by atoms with Crippen LogP contribution in [-0.4, -0.2) is 17.7 Å². The van der Waals surface area contributed by atoms with Crippen LogP contribution < -0.4 is 0 Å². The third-order valence-electron chi connectivity index (χ3n) is 2.16. The van der Waals surface area contributed by atoms with E-state index in [2.05, 4.69) is 32.4 Å². The van der Waals surface area contributed by atoms with Gasteiger partial charge in [-0.2, -0.15) is 0 Å². The van der Waals surface area contributed by atoms with Gasteiger partial charge in [-0.3, -0.25) is 4.79 Å². The van der Waals surface area contributed by atoms with Gasteiger partial charge < -0.3 is 9.84 Å². The van der Waals surface area contributed by atoms with Gasteiger partial charge in [0.05, 0.1) is 6.61 Å². The smallest absolute Gasteiger partial charge is 0.302 e. The van der Waals surface area contributed by atoms with Crippen LogP contribution >= 0.6 is 0 Å². The third-order valence-corrected chi connectivity index (χ3v) is 2.16. The number of carbonyl (C=O) groups excluding carboxylic acids is 1.